The standard InChI is InChI=1S/C23H25N5O6/c1-23(2,3)33-22(32)26-20(25-21(30)31)28-10-4-5-17(28)19-24-18(27-34-19)15-7-6-14-12-16(29)9-8-13(14)11-15/h6-9,11-12,17,29H,4-5,10H2,1-3H3,(H,30,31)(H,25,26,32). The average Bonchev–Trinajstić information content (AvgIpc) is 3.40. The van der Waals surface area contributed by atoms with Gasteiger partial charge in [-0.05, 0) is 62.6 Å². The van der Waals surface area contributed by atoms with Crippen LogP contribution in [-0.2, 0) is 4.74 Å². The monoisotopic (exact) mass is 467 g/mol. The fourth-order valence-electron chi connectivity index (χ4n) is 3.79. The van der Waals surface area contributed by atoms with Crippen LogP contribution in [0, 0.1) is 0 Å². The molecule has 2 amide bonds. The van der Waals surface area contributed by atoms with Gasteiger partial charge in [-0.1, -0.05) is 23.4 Å². The number of rotatable bonds is 2. The Morgan fingerprint density at radius 3 is 2.68 bits per heavy atom. The van der Waals surface area contributed by atoms with E-state index in [0.717, 1.165) is 16.3 Å². The Kier molecular flexibility index (Phi) is 6.10. The second-order valence-corrected chi connectivity index (χ2v) is 8.90. The van der Waals surface area contributed by atoms with Gasteiger partial charge < -0.3 is 24.4 Å². The summed E-state index contributed by atoms with van der Waals surface area (Å²) in [5.41, 5.74) is -0.0351. The molecule has 4 rings (SSSR count). The highest BCUT2D eigenvalue weighted by Gasteiger charge is 2.35. The highest BCUT2D eigenvalue weighted by molar-refractivity contribution is 5.98. The van der Waals surface area contributed by atoms with Gasteiger partial charge in [0.1, 0.15) is 17.4 Å². The molecule has 0 aliphatic carbocycles. The third-order valence-corrected chi connectivity index (χ3v) is 5.15. The minimum absolute atomic E-state index is 0.158. The third kappa shape index (κ3) is 5.25. The molecule has 1 aliphatic heterocycles. The summed E-state index contributed by atoms with van der Waals surface area (Å²) in [6.45, 7) is 5.54. The Morgan fingerprint density at radius 2 is 1.94 bits per heavy atom. The maximum Gasteiger partial charge on any atom is 0.434 e. The van der Waals surface area contributed by atoms with Crippen molar-refractivity contribution in [3.63, 3.8) is 0 Å². The van der Waals surface area contributed by atoms with Gasteiger partial charge in [0, 0.05) is 12.1 Å². The number of alkyl carbamates (subject to hydrolysis) is 1. The largest absolute Gasteiger partial charge is 0.508 e. The van der Waals surface area contributed by atoms with Crippen molar-refractivity contribution in [3.8, 4) is 17.1 Å². The van der Waals surface area contributed by atoms with Crippen molar-refractivity contribution < 1.29 is 29.1 Å². The molecule has 34 heavy (non-hydrogen) atoms. The van der Waals surface area contributed by atoms with E-state index in [-0.39, 0.29) is 17.6 Å². The fourth-order valence-corrected chi connectivity index (χ4v) is 3.79. The molecule has 0 spiro atoms. The molecule has 1 unspecified atom stereocenters. The van der Waals surface area contributed by atoms with E-state index in [9.17, 15) is 19.8 Å². The molecule has 2 heterocycles. The molecule has 3 N–H and O–H groups in total. The second-order valence-electron chi connectivity index (χ2n) is 8.90. The molecule has 0 saturated carbocycles. The molecule has 178 valence electrons. The maximum absolute atomic E-state index is 12.3. The first kappa shape index (κ1) is 23.0. The van der Waals surface area contributed by atoms with Crippen molar-refractivity contribution in [2.75, 3.05) is 6.54 Å². The van der Waals surface area contributed by atoms with Crippen molar-refractivity contribution in [3.05, 3.63) is 42.3 Å². The molecule has 1 aliphatic rings. The first-order chi connectivity index (χ1) is 16.1. The van der Waals surface area contributed by atoms with E-state index < -0.39 is 23.8 Å². The van der Waals surface area contributed by atoms with Crippen molar-refractivity contribution >= 4 is 28.9 Å². The predicted molar refractivity (Wildman–Crippen MR) is 122 cm³/mol. The summed E-state index contributed by atoms with van der Waals surface area (Å²) < 4.78 is 10.8. The molecule has 0 radical (unpaired) electrons. The van der Waals surface area contributed by atoms with Crippen LogP contribution in [0.25, 0.3) is 22.2 Å². The van der Waals surface area contributed by atoms with Gasteiger partial charge >= 0.3 is 12.2 Å². The van der Waals surface area contributed by atoms with Gasteiger partial charge in [-0.15, -0.1) is 4.99 Å². The van der Waals surface area contributed by atoms with Gasteiger partial charge in [0.2, 0.25) is 17.7 Å². The average molecular weight is 467 g/mol. The summed E-state index contributed by atoms with van der Waals surface area (Å²) in [6.07, 6.45) is -0.958. The highest BCUT2D eigenvalue weighted by atomic mass is 16.6. The first-order valence-corrected chi connectivity index (χ1v) is 10.7. The summed E-state index contributed by atoms with van der Waals surface area (Å²) in [5, 5.41) is 27.2. The van der Waals surface area contributed by atoms with Crippen LogP contribution < -0.4 is 5.32 Å². The van der Waals surface area contributed by atoms with E-state index in [1.807, 2.05) is 18.2 Å². The number of phenols is 1. The third-order valence-electron chi connectivity index (χ3n) is 5.15. The molecule has 1 atom stereocenters. The van der Waals surface area contributed by atoms with Gasteiger partial charge in [-0.3, -0.25) is 5.32 Å². The number of nitrogens with one attached hydrogen (secondary N) is 1. The number of phenolic OH excluding ortho intramolecular Hbond substituents is 1. The zero-order valence-corrected chi connectivity index (χ0v) is 19.0. The van der Waals surface area contributed by atoms with Gasteiger partial charge in [0.25, 0.3) is 0 Å². The lowest BCUT2D eigenvalue weighted by Crippen LogP contribution is -2.46. The number of amides is 2. The summed E-state index contributed by atoms with van der Waals surface area (Å²) in [6, 6.07) is 10.2. The number of aromatic nitrogens is 2. The van der Waals surface area contributed by atoms with Crippen molar-refractivity contribution in [1.82, 2.24) is 20.4 Å². The van der Waals surface area contributed by atoms with Gasteiger partial charge in [-0.25, -0.2) is 9.59 Å². The number of carbonyl (C=O) groups is 2. The molecule has 1 fully saturated rings. The van der Waals surface area contributed by atoms with Gasteiger partial charge in [-0.2, -0.15) is 4.98 Å². The van der Waals surface area contributed by atoms with Crippen molar-refractivity contribution in [2.24, 2.45) is 4.99 Å². The molecule has 0 bridgehead atoms. The zero-order valence-electron chi connectivity index (χ0n) is 19.0. The van der Waals surface area contributed by atoms with Crippen molar-refractivity contribution in [1.29, 1.82) is 0 Å². The minimum Gasteiger partial charge on any atom is -0.508 e. The Bertz CT molecular complexity index is 1260. The number of aromatic hydroxyl groups is 1. The lowest BCUT2D eigenvalue weighted by molar-refractivity contribution is 0.0555. The van der Waals surface area contributed by atoms with Crippen LogP contribution >= 0.6 is 0 Å². The smallest absolute Gasteiger partial charge is 0.434 e. The van der Waals surface area contributed by atoms with Crippen LogP contribution in [0.4, 0.5) is 9.59 Å². The number of guanidine groups is 1. The number of carboxylic acid groups (broad SMARTS) is 1. The molecule has 11 heteroatoms. The normalized spacial score (nSPS) is 16.6. The number of hydrogen-bond acceptors (Lipinski definition) is 7. The summed E-state index contributed by atoms with van der Waals surface area (Å²) >= 11 is 0. The van der Waals surface area contributed by atoms with E-state index >= 15 is 0 Å². The number of nitrogens with zero attached hydrogens (tertiary/aromatic N) is 4. The van der Waals surface area contributed by atoms with E-state index in [0.29, 0.717) is 25.2 Å². The molecular weight excluding hydrogens is 442 g/mol. The van der Waals surface area contributed by atoms with Crippen LogP contribution in [0.3, 0.4) is 0 Å². The summed E-state index contributed by atoms with van der Waals surface area (Å²) in [5.74, 6) is 0.674. The van der Waals surface area contributed by atoms with Crippen molar-refractivity contribution in [2.45, 2.75) is 45.3 Å². The number of benzene rings is 2. The second kappa shape index (κ2) is 9.00. The summed E-state index contributed by atoms with van der Waals surface area (Å²) in [4.78, 5) is 33.3. The van der Waals surface area contributed by atoms with E-state index in [2.05, 4.69) is 20.4 Å². The van der Waals surface area contributed by atoms with Crippen LogP contribution in [0.1, 0.15) is 45.5 Å². The minimum atomic E-state index is -1.45. The van der Waals surface area contributed by atoms with E-state index in [4.69, 9.17) is 9.26 Å². The number of likely N-dealkylation sites (tertiary alicyclic amines) is 1. The topological polar surface area (TPSA) is 150 Å². The highest BCUT2D eigenvalue weighted by Crippen LogP contribution is 2.33. The van der Waals surface area contributed by atoms with E-state index in [1.54, 1.807) is 43.9 Å². The molecular formula is C23H25N5O6. The number of ether oxygens (including phenoxy) is 1. The molecule has 3 aromatic rings. The number of hydrogen-bond donors (Lipinski definition) is 3. The van der Waals surface area contributed by atoms with Crippen LogP contribution in [0.15, 0.2) is 45.9 Å². The van der Waals surface area contributed by atoms with Crippen LogP contribution in [0.5, 0.6) is 5.75 Å². The Morgan fingerprint density at radius 1 is 1.21 bits per heavy atom. The lowest BCUT2D eigenvalue weighted by Gasteiger charge is -2.26. The Hall–Kier alpha value is -4.15. The number of carbonyl (C=O) groups excluding carboxylic acids is 1. The zero-order chi connectivity index (χ0) is 24.5. The number of fused-ring (bicyclic) bond motifs is 1. The Labute approximate surface area is 195 Å². The first-order valence-electron chi connectivity index (χ1n) is 10.7. The van der Waals surface area contributed by atoms with Crippen LogP contribution in [-0.4, -0.2) is 55.5 Å². The molecule has 1 aromatic heterocycles. The quantitative estimate of drug-likeness (QED) is 0.370. The van der Waals surface area contributed by atoms with Crippen LogP contribution in [0.2, 0.25) is 0 Å². The van der Waals surface area contributed by atoms with Gasteiger partial charge in [0.15, 0.2) is 0 Å². The fraction of sp³-hybridized carbons (Fsp3) is 0.348. The Balaban J connectivity index is 1.58. The lowest BCUT2D eigenvalue weighted by atomic mass is 10.1. The SMILES string of the molecule is CC(C)(C)OC(=O)NC(=NC(=O)O)N1CCCC1c1nc(-c2ccc3cc(O)ccc3c2)no1. The predicted octanol–water partition coefficient (Wildman–Crippen LogP) is 4.29. The maximum atomic E-state index is 12.3. The molecule has 1 saturated heterocycles. The number of aliphatic imine (C=N–C) groups is 1. The molecule has 11 nitrogen and oxygen atoms in total. The van der Waals surface area contributed by atoms with E-state index in [1.165, 1.54) is 0 Å². The molecule has 2 aromatic carbocycles. The summed E-state index contributed by atoms with van der Waals surface area (Å²) in [7, 11) is 0. The van der Waals surface area contributed by atoms with Gasteiger partial charge in [0.05, 0.1) is 0 Å².